The van der Waals surface area contributed by atoms with Crippen LogP contribution in [-0.4, -0.2) is 38.4 Å². The van der Waals surface area contributed by atoms with Crippen LogP contribution in [0, 0.1) is 0 Å². The number of aromatic nitrogens is 3. The maximum atomic E-state index is 12.6. The van der Waals surface area contributed by atoms with Crippen LogP contribution < -0.4 is 0 Å². The second-order valence-corrected chi connectivity index (χ2v) is 7.57. The van der Waals surface area contributed by atoms with E-state index >= 15 is 0 Å². The molecule has 0 aliphatic carbocycles. The van der Waals surface area contributed by atoms with Crippen LogP contribution in [0.2, 0.25) is 5.02 Å². The first kappa shape index (κ1) is 19.5. The summed E-state index contributed by atoms with van der Waals surface area (Å²) in [4.78, 5) is 14.4. The Labute approximate surface area is 168 Å². The van der Waals surface area contributed by atoms with E-state index in [2.05, 4.69) is 10.2 Å². The van der Waals surface area contributed by atoms with Gasteiger partial charge in [0, 0.05) is 19.7 Å². The topological polar surface area (TPSA) is 51.0 Å². The zero-order valence-electron chi connectivity index (χ0n) is 15.5. The van der Waals surface area contributed by atoms with E-state index in [1.165, 1.54) is 11.8 Å². The molecule has 7 heteroatoms. The minimum Gasteiger partial charge on any atom is -0.338 e. The molecule has 5 nitrogen and oxygen atoms in total. The van der Waals surface area contributed by atoms with Crippen molar-refractivity contribution in [2.24, 2.45) is 7.05 Å². The van der Waals surface area contributed by atoms with E-state index in [0.717, 1.165) is 11.1 Å². The number of nitrogens with zero attached hydrogens (tertiary/aromatic N) is 4. The van der Waals surface area contributed by atoms with Crippen molar-refractivity contribution in [3.63, 3.8) is 0 Å². The van der Waals surface area contributed by atoms with Crippen LogP contribution in [0.25, 0.3) is 11.4 Å². The van der Waals surface area contributed by atoms with Crippen molar-refractivity contribution in [2.75, 3.05) is 12.8 Å². The van der Waals surface area contributed by atoms with Gasteiger partial charge in [-0.05, 0) is 24.6 Å². The van der Waals surface area contributed by atoms with Crippen molar-refractivity contribution < 1.29 is 4.79 Å². The van der Waals surface area contributed by atoms with Crippen LogP contribution in [0.4, 0.5) is 0 Å². The molecule has 0 bridgehead atoms. The average Bonchev–Trinajstić information content (AvgIpc) is 3.06. The smallest absolute Gasteiger partial charge is 0.233 e. The molecular formula is C20H21ClN4OS. The minimum atomic E-state index is 0.0116. The van der Waals surface area contributed by atoms with E-state index in [0.29, 0.717) is 21.8 Å². The Kier molecular flexibility index (Phi) is 6.19. The lowest BCUT2D eigenvalue weighted by Gasteiger charge is -2.25. The Bertz CT molecular complexity index is 929. The molecule has 0 spiro atoms. The fraction of sp³-hybridized carbons (Fsp3) is 0.250. The first-order chi connectivity index (χ1) is 13.0. The predicted molar refractivity (Wildman–Crippen MR) is 110 cm³/mol. The first-order valence-corrected chi connectivity index (χ1v) is 9.93. The first-order valence-electron chi connectivity index (χ1n) is 8.56. The summed E-state index contributed by atoms with van der Waals surface area (Å²) in [5, 5.41) is 9.75. The lowest BCUT2D eigenvalue weighted by molar-refractivity contribution is -0.128. The maximum absolute atomic E-state index is 12.6. The monoisotopic (exact) mass is 400 g/mol. The number of carbonyl (C=O) groups excluding carboxylic acids is 1. The maximum Gasteiger partial charge on any atom is 0.233 e. The molecular weight excluding hydrogens is 380 g/mol. The third-order valence-corrected chi connectivity index (χ3v) is 5.87. The van der Waals surface area contributed by atoms with Crippen molar-refractivity contribution in [3.05, 3.63) is 65.2 Å². The highest BCUT2D eigenvalue weighted by Crippen LogP contribution is 2.28. The zero-order chi connectivity index (χ0) is 19.4. The Morgan fingerprint density at radius 3 is 2.52 bits per heavy atom. The van der Waals surface area contributed by atoms with Gasteiger partial charge in [0.2, 0.25) is 5.91 Å². The number of amides is 1. The van der Waals surface area contributed by atoms with Gasteiger partial charge in [0.25, 0.3) is 0 Å². The number of thioether (sulfide) groups is 1. The summed E-state index contributed by atoms with van der Waals surface area (Å²) >= 11 is 7.63. The summed E-state index contributed by atoms with van der Waals surface area (Å²) in [5.41, 5.74) is 1.93. The summed E-state index contributed by atoms with van der Waals surface area (Å²) in [6, 6.07) is 17.5. The normalized spacial score (nSPS) is 12.0. The third kappa shape index (κ3) is 4.34. The number of hydrogen-bond donors (Lipinski definition) is 0. The van der Waals surface area contributed by atoms with E-state index in [1.54, 1.807) is 4.90 Å². The summed E-state index contributed by atoms with van der Waals surface area (Å²) in [5.74, 6) is 1.02. The molecule has 27 heavy (non-hydrogen) atoms. The van der Waals surface area contributed by atoms with Crippen molar-refractivity contribution >= 4 is 29.3 Å². The van der Waals surface area contributed by atoms with Crippen LogP contribution in [0.5, 0.6) is 0 Å². The quantitative estimate of drug-likeness (QED) is 0.573. The predicted octanol–water partition coefficient (Wildman–Crippen LogP) is 4.45. The second kappa shape index (κ2) is 8.59. The SMILES string of the molecule is CC(c1ccccc1)N(C)C(=O)CSc1nnc(-c2ccccc2Cl)n1C. The van der Waals surface area contributed by atoms with Gasteiger partial charge in [-0.3, -0.25) is 4.79 Å². The van der Waals surface area contributed by atoms with Crippen molar-refractivity contribution in [1.82, 2.24) is 19.7 Å². The Hall–Kier alpha value is -2.31. The highest BCUT2D eigenvalue weighted by molar-refractivity contribution is 7.99. The second-order valence-electron chi connectivity index (χ2n) is 6.23. The van der Waals surface area contributed by atoms with E-state index < -0.39 is 0 Å². The molecule has 1 heterocycles. The van der Waals surface area contributed by atoms with E-state index in [9.17, 15) is 4.79 Å². The highest BCUT2D eigenvalue weighted by Gasteiger charge is 2.19. The fourth-order valence-corrected chi connectivity index (χ4v) is 3.77. The van der Waals surface area contributed by atoms with Crippen LogP contribution in [0.15, 0.2) is 59.8 Å². The summed E-state index contributed by atoms with van der Waals surface area (Å²) in [6.45, 7) is 2.02. The van der Waals surface area contributed by atoms with Gasteiger partial charge in [0.15, 0.2) is 11.0 Å². The lowest BCUT2D eigenvalue weighted by Crippen LogP contribution is -2.31. The number of hydrogen-bond acceptors (Lipinski definition) is 4. The van der Waals surface area contributed by atoms with Crippen molar-refractivity contribution in [2.45, 2.75) is 18.1 Å². The van der Waals surface area contributed by atoms with Gasteiger partial charge in [-0.15, -0.1) is 10.2 Å². The van der Waals surface area contributed by atoms with Crippen LogP contribution in [0.3, 0.4) is 0 Å². The third-order valence-electron chi connectivity index (χ3n) is 4.53. The van der Waals surface area contributed by atoms with Crippen LogP contribution >= 0.6 is 23.4 Å². The Morgan fingerprint density at radius 1 is 1.15 bits per heavy atom. The molecule has 140 valence electrons. The zero-order valence-corrected chi connectivity index (χ0v) is 17.0. The number of halogens is 1. The molecule has 0 aliphatic rings. The van der Waals surface area contributed by atoms with Crippen LogP contribution in [-0.2, 0) is 11.8 Å². The molecule has 0 fully saturated rings. The summed E-state index contributed by atoms with van der Waals surface area (Å²) in [6.07, 6.45) is 0. The molecule has 3 rings (SSSR count). The van der Waals surface area contributed by atoms with Gasteiger partial charge in [-0.25, -0.2) is 0 Å². The number of rotatable bonds is 6. The van der Waals surface area contributed by atoms with E-state index in [-0.39, 0.29) is 11.9 Å². The molecule has 0 N–H and O–H groups in total. The highest BCUT2D eigenvalue weighted by atomic mass is 35.5. The van der Waals surface area contributed by atoms with Gasteiger partial charge in [-0.1, -0.05) is 65.8 Å². The number of benzene rings is 2. The largest absolute Gasteiger partial charge is 0.338 e. The molecule has 0 radical (unpaired) electrons. The van der Waals surface area contributed by atoms with E-state index in [1.807, 2.05) is 80.2 Å². The standard InChI is InChI=1S/C20H21ClN4OS/c1-14(15-9-5-4-6-10-15)24(2)18(26)13-27-20-23-22-19(25(20)3)16-11-7-8-12-17(16)21/h4-12,14H,13H2,1-3H3. The van der Waals surface area contributed by atoms with Gasteiger partial charge in [-0.2, -0.15) is 0 Å². The molecule has 3 aromatic rings. The molecule has 0 saturated carbocycles. The fourth-order valence-electron chi connectivity index (χ4n) is 2.72. The molecule has 2 aromatic carbocycles. The van der Waals surface area contributed by atoms with Crippen molar-refractivity contribution in [1.29, 1.82) is 0 Å². The molecule has 0 aliphatic heterocycles. The van der Waals surface area contributed by atoms with Gasteiger partial charge in [0.05, 0.1) is 16.8 Å². The summed E-state index contributed by atoms with van der Waals surface area (Å²) in [7, 11) is 3.70. The summed E-state index contributed by atoms with van der Waals surface area (Å²) < 4.78 is 1.86. The average molecular weight is 401 g/mol. The molecule has 1 atom stereocenters. The molecule has 1 aromatic heterocycles. The van der Waals surface area contributed by atoms with Gasteiger partial charge < -0.3 is 9.47 Å². The molecule has 1 unspecified atom stereocenters. The van der Waals surface area contributed by atoms with E-state index in [4.69, 9.17) is 11.6 Å². The lowest BCUT2D eigenvalue weighted by atomic mass is 10.1. The Morgan fingerprint density at radius 2 is 1.81 bits per heavy atom. The Balaban J connectivity index is 1.67. The van der Waals surface area contributed by atoms with Crippen LogP contribution in [0.1, 0.15) is 18.5 Å². The number of carbonyl (C=O) groups is 1. The van der Waals surface area contributed by atoms with Gasteiger partial charge in [0.1, 0.15) is 0 Å². The van der Waals surface area contributed by atoms with Crippen molar-refractivity contribution in [3.8, 4) is 11.4 Å². The molecule has 0 saturated heterocycles. The molecule has 1 amide bonds. The minimum absolute atomic E-state index is 0.0116. The van der Waals surface area contributed by atoms with Gasteiger partial charge >= 0.3 is 0 Å².